The molecule has 0 aromatic heterocycles. The summed E-state index contributed by atoms with van der Waals surface area (Å²) in [6.07, 6.45) is 0.0535. The van der Waals surface area contributed by atoms with E-state index >= 15 is 0 Å². The van der Waals surface area contributed by atoms with Gasteiger partial charge in [0.25, 0.3) is 0 Å². The van der Waals surface area contributed by atoms with Gasteiger partial charge in [0, 0.05) is 5.56 Å². The maximum atomic E-state index is 11.0. The molecule has 2 aromatic carbocycles. The third-order valence-corrected chi connectivity index (χ3v) is 3.43. The Kier molecular flexibility index (Phi) is 4.53. The lowest BCUT2D eigenvalue weighted by atomic mass is 9.87. The largest absolute Gasteiger partial charge is 0.497 e. The minimum Gasteiger partial charge on any atom is -0.497 e. The van der Waals surface area contributed by atoms with Crippen molar-refractivity contribution in [2.75, 3.05) is 7.11 Å². The van der Waals surface area contributed by atoms with Crippen LogP contribution in [-0.2, 0) is 5.60 Å². The van der Waals surface area contributed by atoms with Crippen LogP contribution in [0.2, 0.25) is 0 Å². The summed E-state index contributed by atoms with van der Waals surface area (Å²) in [5.41, 5.74) is 0.421. The summed E-state index contributed by atoms with van der Waals surface area (Å²) in [5, 5.41) is 11.0. The fourth-order valence-corrected chi connectivity index (χ4v) is 2.30. The summed E-state index contributed by atoms with van der Waals surface area (Å²) in [6, 6.07) is 15.0. The molecule has 0 heterocycles. The highest BCUT2D eigenvalue weighted by Gasteiger charge is 2.29. The molecular weight excluding hydrogens is 264 g/mol. The van der Waals surface area contributed by atoms with Crippen molar-refractivity contribution in [1.29, 1.82) is 0 Å². The molecule has 3 heteroatoms. The second-order valence-corrected chi connectivity index (χ2v) is 5.46. The summed E-state index contributed by atoms with van der Waals surface area (Å²) < 4.78 is 11.0. The van der Waals surface area contributed by atoms with Crippen LogP contribution in [0.1, 0.15) is 31.9 Å². The molecule has 0 radical (unpaired) electrons. The molecule has 1 N–H and O–H groups in total. The van der Waals surface area contributed by atoms with Crippen LogP contribution in [0.15, 0.2) is 48.5 Å². The lowest BCUT2D eigenvalue weighted by molar-refractivity contribution is 0.0957. The van der Waals surface area contributed by atoms with E-state index in [1.807, 2.05) is 62.4 Å². The predicted molar refractivity (Wildman–Crippen MR) is 83.9 cm³/mol. The van der Waals surface area contributed by atoms with Crippen LogP contribution in [-0.4, -0.2) is 18.3 Å². The highest BCUT2D eigenvalue weighted by Crippen LogP contribution is 2.36. The average molecular weight is 286 g/mol. The van der Waals surface area contributed by atoms with Gasteiger partial charge in [-0.05, 0) is 44.5 Å². The Hall–Kier alpha value is -2.00. The SMILES string of the molecule is COc1ccc(C(C)(O)c2ccccc2OC(C)C)cc1. The maximum Gasteiger partial charge on any atom is 0.126 e. The Morgan fingerprint density at radius 1 is 1.00 bits per heavy atom. The number of methoxy groups -OCH3 is 1. The van der Waals surface area contributed by atoms with Crippen LogP contribution < -0.4 is 9.47 Å². The second kappa shape index (κ2) is 6.19. The molecule has 0 fully saturated rings. The number of benzene rings is 2. The molecule has 0 aliphatic heterocycles. The van der Waals surface area contributed by atoms with Crippen LogP contribution in [0, 0.1) is 0 Å². The molecule has 0 aliphatic rings. The van der Waals surface area contributed by atoms with Gasteiger partial charge in [0.05, 0.1) is 13.2 Å². The molecule has 0 spiro atoms. The molecule has 3 nitrogen and oxygen atoms in total. The van der Waals surface area contributed by atoms with Gasteiger partial charge in [-0.15, -0.1) is 0 Å². The summed E-state index contributed by atoms with van der Waals surface area (Å²) in [4.78, 5) is 0. The van der Waals surface area contributed by atoms with Gasteiger partial charge in [-0.1, -0.05) is 30.3 Å². The lowest BCUT2D eigenvalue weighted by Gasteiger charge is -2.27. The fourth-order valence-electron chi connectivity index (χ4n) is 2.30. The molecule has 21 heavy (non-hydrogen) atoms. The van der Waals surface area contributed by atoms with Crippen molar-refractivity contribution in [1.82, 2.24) is 0 Å². The first-order valence-electron chi connectivity index (χ1n) is 7.08. The van der Waals surface area contributed by atoms with Gasteiger partial charge in [-0.25, -0.2) is 0 Å². The minimum atomic E-state index is -1.13. The number of para-hydroxylation sites is 1. The Bertz CT molecular complexity index is 586. The summed E-state index contributed by atoms with van der Waals surface area (Å²) >= 11 is 0. The molecular formula is C18H22O3. The standard InChI is InChI=1S/C18H22O3/c1-13(2)21-17-8-6-5-7-16(17)18(3,19)14-9-11-15(20-4)12-10-14/h5-13,19H,1-4H3. The summed E-state index contributed by atoms with van der Waals surface area (Å²) in [6.45, 7) is 5.72. The molecule has 0 saturated heterocycles. The van der Waals surface area contributed by atoms with Gasteiger partial charge in [-0.2, -0.15) is 0 Å². The normalized spacial score (nSPS) is 13.8. The zero-order chi connectivity index (χ0) is 15.5. The van der Waals surface area contributed by atoms with Crippen molar-refractivity contribution >= 4 is 0 Å². The Balaban J connectivity index is 2.42. The first kappa shape index (κ1) is 15.4. The van der Waals surface area contributed by atoms with Crippen LogP contribution >= 0.6 is 0 Å². The molecule has 112 valence electrons. The Morgan fingerprint density at radius 3 is 2.19 bits per heavy atom. The fraction of sp³-hybridized carbons (Fsp3) is 0.333. The molecule has 0 aliphatic carbocycles. The van der Waals surface area contributed by atoms with Gasteiger partial charge in [0.2, 0.25) is 0 Å². The third-order valence-electron chi connectivity index (χ3n) is 3.43. The number of ether oxygens (including phenoxy) is 2. The second-order valence-electron chi connectivity index (χ2n) is 5.46. The number of rotatable bonds is 5. The van der Waals surface area contributed by atoms with E-state index in [4.69, 9.17) is 9.47 Å². The van der Waals surface area contributed by atoms with Crippen LogP contribution in [0.5, 0.6) is 11.5 Å². The predicted octanol–water partition coefficient (Wildman–Crippen LogP) is 3.74. The highest BCUT2D eigenvalue weighted by molar-refractivity contribution is 5.45. The quantitative estimate of drug-likeness (QED) is 0.910. The van der Waals surface area contributed by atoms with Gasteiger partial charge in [0.1, 0.15) is 17.1 Å². The van der Waals surface area contributed by atoms with Crippen LogP contribution in [0.3, 0.4) is 0 Å². The van der Waals surface area contributed by atoms with Crippen molar-refractivity contribution < 1.29 is 14.6 Å². The van der Waals surface area contributed by atoms with E-state index < -0.39 is 5.60 Å². The van der Waals surface area contributed by atoms with Crippen molar-refractivity contribution in [3.8, 4) is 11.5 Å². The van der Waals surface area contributed by atoms with Crippen molar-refractivity contribution in [2.45, 2.75) is 32.5 Å². The zero-order valence-corrected chi connectivity index (χ0v) is 13.0. The average Bonchev–Trinajstić information content (AvgIpc) is 2.47. The van der Waals surface area contributed by atoms with E-state index in [0.717, 1.165) is 16.9 Å². The van der Waals surface area contributed by atoms with E-state index in [9.17, 15) is 5.11 Å². The van der Waals surface area contributed by atoms with Crippen molar-refractivity contribution in [2.24, 2.45) is 0 Å². The van der Waals surface area contributed by atoms with Gasteiger partial charge < -0.3 is 14.6 Å². The molecule has 1 unspecified atom stereocenters. The molecule has 0 saturated carbocycles. The van der Waals surface area contributed by atoms with E-state index in [1.54, 1.807) is 14.0 Å². The molecule has 0 amide bonds. The number of aliphatic hydroxyl groups is 1. The van der Waals surface area contributed by atoms with E-state index in [1.165, 1.54) is 0 Å². The van der Waals surface area contributed by atoms with E-state index in [2.05, 4.69) is 0 Å². The summed E-state index contributed by atoms with van der Waals surface area (Å²) in [7, 11) is 1.62. The van der Waals surface area contributed by atoms with E-state index in [0.29, 0.717) is 5.75 Å². The van der Waals surface area contributed by atoms with Crippen molar-refractivity contribution in [3.63, 3.8) is 0 Å². The topological polar surface area (TPSA) is 38.7 Å². The smallest absolute Gasteiger partial charge is 0.126 e. The van der Waals surface area contributed by atoms with Gasteiger partial charge >= 0.3 is 0 Å². The first-order valence-corrected chi connectivity index (χ1v) is 7.08. The minimum absolute atomic E-state index is 0.0535. The van der Waals surface area contributed by atoms with Crippen molar-refractivity contribution in [3.05, 3.63) is 59.7 Å². The Labute approximate surface area is 126 Å². The number of hydrogen-bond acceptors (Lipinski definition) is 3. The van der Waals surface area contributed by atoms with Crippen LogP contribution in [0.25, 0.3) is 0 Å². The highest BCUT2D eigenvalue weighted by atomic mass is 16.5. The monoisotopic (exact) mass is 286 g/mol. The third kappa shape index (κ3) is 3.37. The summed E-state index contributed by atoms with van der Waals surface area (Å²) in [5.74, 6) is 1.47. The lowest BCUT2D eigenvalue weighted by Crippen LogP contribution is -2.24. The molecule has 2 rings (SSSR count). The van der Waals surface area contributed by atoms with Crippen LogP contribution in [0.4, 0.5) is 0 Å². The molecule has 0 bridgehead atoms. The zero-order valence-electron chi connectivity index (χ0n) is 13.0. The van der Waals surface area contributed by atoms with Gasteiger partial charge in [-0.3, -0.25) is 0 Å². The molecule has 2 aromatic rings. The number of hydrogen-bond donors (Lipinski definition) is 1. The van der Waals surface area contributed by atoms with E-state index in [-0.39, 0.29) is 6.10 Å². The molecule has 1 atom stereocenters. The Morgan fingerprint density at radius 2 is 1.62 bits per heavy atom. The van der Waals surface area contributed by atoms with Gasteiger partial charge in [0.15, 0.2) is 0 Å². The maximum absolute atomic E-state index is 11.0. The first-order chi connectivity index (χ1) is 9.95.